The lowest BCUT2D eigenvalue weighted by Gasteiger charge is -2.51. The number of hydrogen-bond donors (Lipinski definition) is 2. The van der Waals surface area contributed by atoms with Crippen molar-refractivity contribution in [2.24, 2.45) is 0 Å². The molecule has 0 aromatic heterocycles. The molecule has 0 spiro atoms. The second-order valence-electron chi connectivity index (χ2n) is 12.9. The highest BCUT2D eigenvalue weighted by atomic mass is 19.4. The van der Waals surface area contributed by atoms with Gasteiger partial charge in [0.15, 0.2) is 11.2 Å². The lowest BCUT2D eigenvalue weighted by atomic mass is 9.80. The molecule has 3 unspecified atom stereocenters. The van der Waals surface area contributed by atoms with Gasteiger partial charge in [-0.25, -0.2) is 4.79 Å². The van der Waals surface area contributed by atoms with Gasteiger partial charge < -0.3 is 24.4 Å². The molecule has 2 aliphatic rings. The van der Waals surface area contributed by atoms with Crippen LogP contribution < -0.4 is 0 Å². The van der Waals surface area contributed by atoms with Gasteiger partial charge in [0.1, 0.15) is 22.9 Å². The third-order valence-electron chi connectivity index (χ3n) is 9.09. The van der Waals surface area contributed by atoms with Crippen LogP contribution in [0.2, 0.25) is 0 Å². The van der Waals surface area contributed by atoms with Gasteiger partial charge in [-0.1, -0.05) is 32.3 Å². The summed E-state index contributed by atoms with van der Waals surface area (Å²) in [6, 6.07) is 0. The first-order chi connectivity index (χ1) is 17.8. The van der Waals surface area contributed by atoms with E-state index in [2.05, 4.69) is 6.58 Å². The van der Waals surface area contributed by atoms with Crippen molar-refractivity contribution < 1.29 is 55.6 Å². The van der Waals surface area contributed by atoms with E-state index in [1.54, 1.807) is 0 Å². The minimum absolute atomic E-state index is 0.0152. The number of aliphatic hydroxyl groups is 2. The van der Waals surface area contributed by atoms with Crippen LogP contribution in [0.5, 0.6) is 0 Å². The van der Waals surface area contributed by atoms with E-state index in [1.807, 2.05) is 0 Å². The molecule has 2 saturated carbocycles. The van der Waals surface area contributed by atoms with Crippen LogP contribution in [0.1, 0.15) is 106 Å². The predicted molar refractivity (Wildman–Crippen MR) is 135 cm³/mol. The van der Waals surface area contributed by atoms with E-state index in [0.29, 0.717) is 39.5 Å². The standard InChI is InChI=1S/C28H44F6O6/c1-18(2)20(35)38-19(26(15-11-12-16-26)40-22(5,6)24(8,37)28(32,33)34)17-25(13-9-10-14-25)39-21(3,4)23(7,36)27(29,30)31/h19,36-37H,1,9-17H2,2-8H3. The molecule has 0 radical (unpaired) electrons. The zero-order valence-corrected chi connectivity index (χ0v) is 24.4. The molecule has 0 aromatic carbocycles. The summed E-state index contributed by atoms with van der Waals surface area (Å²) in [6.07, 6.45) is -8.41. The molecule has 3 atom stereocenters. The van der Waals surface area contributed by atoms with Crippen molar-refractivity contribution in [3.8, 4) is 0 Å². The highest BCUT2D eigenvalue weighted by molar-refractivity contribution is 5.87. The maximum Gasteiger partial charge on any atom is 0.419 e. The zero-order chi connectivity index (χ0) is 31.2. The van der Waals surface area contributed by atoms with Gasteiger partial charge in [-0.15, -0.1) is 0 Å². The summed E-state index contributed by atoms with van der Waals surface area (Å²) in [5.74, 6) is -0.838. The Kier molecular flexibility index (Phi) is 9.61. The molecular formula is C28H44F6O6. The molecular weight excluding hydrogens is 546 g/mol. The second kappa shape index (κ2) is 11.0. The third-order valence-corrected chi connectivity index (χ3v) is 9.09. The minimum Gasteiger partial charge on any atom is -0.456 e. The van der Waals surface area contributed by atoms with Gasteiger partial charge in [-0.3, -0.25) is 0 Å². The van der Waals surface area contributed by atoms with Crippen LogP contribution in [0, 0.1) is 0 Å². The van der Waals surface area contributed by atoms with Crippen LogP contribution in [0.3, 0.4) is 0 Å². The summed E-state index contributed by atoms with van der Waals surface area (Å²) in [4.78, 5) is 12.8. The smallest absolute Gasteiger partial charge is 0.419 e. The predicted octanol–water partition coefficient (Wildman–Crippen LogP) is 6.71. The number of esters is 1. The Morgan fingerprint density at radius 1 is 0.775 bits per heavy atom. The Hall–Kier alpha value is -1.37. The molecule has 0 heterocycles. The Morgan fingerprint density at radius 3 is 1.52 bits per heavy atom. The maximum atomic E-state index is 13.9. The highest BCUT2D eigenvalue weighted by Crippen LogP contribution is 2.52. The van der Waals surface area contributed by atoms with Crippen LogP contribution >= 0.6 is 0 Å². The molecule has 2 N–H and O–H groups in total. The van der Waals surface area contributed by atoms with Crippen molar-refractivity contribution in [3.63, 3.8) is 0 Å². The van der Waals surface area contributed by atoms with Crippen molar-refractivity contribution in [2.45, 2.75) is 158 Å². The lowest BCUT2D eigenvalue weighted by molar-refractivity contribution is -0.343. The molecule has 2 fully saturated rings. The summed E-state index contributed by atoms with van der Waals surface area (Å²) in [7, 11) is 0. The molecule has 0 saturated heterocycles. The third kappa shape index (κ3) is 6.65. The molecule has 234 valence electrons. The van der Waals surface area contributed by atoms with Gasteiger partial charge in [0.2, 0.25) is 0 Å². The molecule has 0 bridgehead atoms. The largest absolute Gasteiger partial charge is 0.456 e. The Labute approximate surface area is 232 Å². The summed E-state index contributed by atoms with van der Waals surface area (Å²) in [5, 5.41) is 21.0. The van der Waals surface area contributed by atoms with E-state index >= 15 is 0 Å². The van der Waals surface area contributed by atoms with E-state index in [-0.39, 0.29) is 37.7 Å². The normalized spacial score (nSPS) is 23.8. The molecule has 40 heavy (non-hydrogen) atoms. The number of rotatable bonds is 11. The van der Waals surface area contributed by atoms with E-state index in [9.17, 15) is 41.4 Å². The Balaban J connectivity index is 2.59. The summed E-state index contributed by atoms with van der Waals surface area (Å²) in [5.41, 5.74) is -13.7. The topological polar surface area (TPSA) is 85.2 Å². The SMILES string of the molecule is C=C(C)C(=O)OC(CC1(OC(C)(C)C(C)(O)C(F)(F)F)CCCC1)C1(OC(C)(C)C(C)(O)C(F)(F)F)CCCC1. The van der Waals surface area contributed by atoms with Crippen molar-refractivity contribution in [1.82, 2.24) is 0 Å². The summed E-state index contributed by atoms with van der Waals surface area (Å²) < 4.78 is 101. The first kappa shape index (κ1) is 34.8. The molecule has 0 aromatic rings. The molecule has 0 amide bonds. The van der Waals surface area contributed by atoms with Crippen LogP contribution in [0.15, 0.2) is 12.2 Å². The van der Waals surface area contributed by atoms with E-state index in [1.165, 1.54) is 6.92 Å². The fraction of sp³-hybridized carbons (Fsp3) is 0.893. The first-order valence-electron chi connectivity index (χ1n) is 13.6. The van der Waals surface area contributed by atoms with Gasteiger partial charge in [0.05, 0.1) is 5.60 Å². The van der Waals surface area contributed by atoms with Crippen LogP contribution in [0.4, 0.5) is 26.3 Å². The Bertz CT molecular complexity index is 923. The molecule has 12 heteroatoms. The quantitative estimate of drug-likeness (QED) is 0.158. The van der Waals surface area contributed by atoms with Gasteiger partial charge in [-0.05, 0) is 74.1 Å². The second-order valence-corrected chi connectivity index (χ2v) is 12.9. The van der Waals surface area contributed by atoms with Crippen molar-refractivity contribution >= 4 is 5.97 Å². The lowest BCUT2D eigenvalue weighted by Crippen LogP contribution is -2.65. The zero-order valence-electron chi connectivity index (χ0n) is 24.4. The van der Waals surface area contributed by atoms with E-state index in [4.69, 9.17) is 14.2 Å². The highest BCUT2D eigenvalue weighted by Gasteiger charge is 2.65. The maximum absolute atomic E-state index is 13.9. The van der Waals surface area contributed by atoms with Gasteiger partial charge >= 0.3 is 18.3 Å². The molecule has 2 aliphatic carbocycles. The Morgan fingerprint density at radius 2 is 1.15 bits per heavy atom. The molecule has 6 nitrogen and oxygen atoms in total. The van der Waals surface area contributed by atoms with Crippen LogP contribution in [0.25, 0.3) is 0 Å². The van der Waals surface area contributed by atoms with Crippen molar-refractivity contribution in [1.29, 1.82) is 0 Å². The number of halogens is 6. The van der Waals surface area contributed by atoms with E-state index < -0.39 is 58.0 Å². The monoisotopic (exact) mass is 590 g/mol. The van der Waals surface area contributed by atoms with Crippen molar-refractivity contribution in [2.75, 3.05) is 0 Å². The van der Waals surface area contributed by atoms with Crippen LogP contribution in [-0.2, 0) is 19.0 Å². The minimum atomic E-state index is -5.05. The average Bonchev–Trinajstić information content (AvgIpc) is 3.41. The fourth-order valence-electron chi connectivity index (χ4n) is 5.66. The summed E-state index contributed by atoms with van der Waals surface area (Å²) in [6.45, 7) is 10.7. The van der Waals surface area contributed by atoms with Crippen LogP contribution in [-0.4, -0.2) is 68.2 Å². The number of ether oxygens (including phenoxy) is 3. The number of carbonyl (C=O) groups is 1. The first-order valence-corrected chi connectivity index (χ1v) is 13.6. The fourth-order valence-corrected chi connectivity index (χ4v) is 5.66. The van der Waals surface area contributed by atoms with Gasteiger partial charge in [-0.2, -0.15) is 26.3 Å². The number of hydrogen-bond acceptors (Lipinski definition) is 6. The van der Waals surface area contributed by atoms with E-state index in [0.717, 1.165) is 27.7 Å². The molecule has 0 aliphatic heterocycles. The molecule has 2 rings (SSSR count). The summed E-state index contributed by atoms with van der Waals surface area (Å²) >= 11 is 0. The van der Waals surface area contributed by atoms with Gasteiger partial charge in [0.25, 0.3) is 0 Å². The van der Waals surface area contributed by atoms with Gasteiger partial charge in [0, 0.05) is 12.0 Å². The number of carbonyl (C=O) groups excluding carboxylic acids is 1. The van der Waals surface area contributed by atoms with Crippen molar-refractivity contribution in [3.05, 3.63) is 12.2 Å². The number of alkyl halides is 6. The average molecular weight is 591 g/mol.